The molecule has 1 unspecified atom stereocenters. The summed E-state index contributed by atoms with van der Waals surface area (Å²) in [5, 5.41) is 15.2. The van der Waals surface area contributed by atoms with E-state index in [4.69, 9.17) is 5.11 Å². The molecule has 3 N–H and O–H groups in total. The Morgan fingerprint density at radius 2 is 2.33 bits per heavy atom. The molecule has 1 amide bonds. The monoisotopic (exact) mass is 214 g/mol. The van der Waals surface area contributed by atoms with Gasteiger partial charge in [-0.2, -0.15) is 0 Å². The van der Waals surface area contributed by atoms with E-state index in [0.29, 0.717) is 12.8 Å². The Hall–Kier alpha value is -0.610. The molecule has 15 heavy (non-hydrogen) atoms. The van der Waals surface area contributed by atoms with Crippen LogP contribution >= 0.6 is 0 Å². The van der Waals surface area contributed by atoms with E-state index >= 15 is 0 Å². The van der Waals surface area contributed by atoms with E-state index in [2.05, 4.69) is 24.5 Å². The van der Waals surface area contributed by atoms with Gasteiger partial charge in [-0.05, 0) is 33.1 Å². The fourth-order valence-corrected chi connectivity index (χ4v) is 2.00. The Labute approximate surface area is 91.4 Å². The van der Waals surface area contributed by atoms with E-state index < -0.39 is 0 Å². The highest BCUT2D eigenvalue weighted by atomic mass is 16.3. The SMILES string of the molecule is CC(C)(CCO)NC1CCCNC(=O)C1. The van der Waals surface area contributed by atoms with E-state index in [0.717, 1.165) is 19.4 Å². The second kappa shape index (κ2) is 5.47. The van der Waals surface area contributed by atoms with Gasteiger partial charge >= 0.3 is 0 Å². The largest absolute Gasteiger partial charge is 0.396 e. The molecule has 1 fully saturated rings. The van der Waals surface area contributed by atoms with Crippen LogP contribution in [-0.4, -0.2) is 35.7 Å². The highest BCUT2D eigenvalue weighted by Crippen LogP contribution is 2.14. The molecular weight excluding hydrogens is 192 g/mol. The number of amides is 1. The van der Waals surface area contributed by atoms with Crippen molar-refractivity contribution in [2.75, 3.05) is 13.2 Å². The summed E-state index contributed by atoms with van der Waals surface area (Å²) in [5.74, 6) is 0.129. The van der Waals surface area contributed by atoms with Crippen LogP contribution in [0.5, 0.6) is 0 Å². The molecule has 0 saturated carbocycles. The van der Waals surface area contributed by atoms with Crippen molar-refractivity contribution in [3.63, 3.8) is 0 Å². The Bertz CT molecular complexity index is 217. The summed E-state index contributed by atoms with van der Waals surface area (Å²) in [6.45, 7) is 5.09. The molecule has 0 radical (unpaired) electrons. The number of carbonyl (C=O) groups is 1. The average molecular weight is 214 g/mol. The lowest BCUT2D eigenvalue weighted by atomic mass is 9.97. The van der Waals surface area contributed by atoms with Crippen LogP contribution in [0.1, 0.15) is 39.5 Å². The van der Waals surface area contributed by atoms with Crippen LogP contribution in [0.3, 0.4) is 0 Å². The summed E-state index contributed by atoms with van der Waals surface area (Å²) in [5.41, 5.74) is -0.0932. The molecule has 0 bridgehead atoms. The standard InChI is InChI=1S/C11H22N2O2/c1-11(2,5-7-14)13-9-4-3-6-12-10(15)8-9/h9,13-14H,3-8H2,1-2H3,(H,12,15). The second-order valence-corrected chi connectivity index (χ2v) is 4.90. The molecule has 0 aromatic carbocycles. The Morgan fingerprint density at radius 3 is 3.00 bits per heavy atom. The summed E-state index contributed by atoms with van der Waals surface area (Å²) in [4.78, 5) is 11.3. The summed E-state index contributed by atoms with van der Waals surface area (Å²) < 4.78 is 0. The molecule has 1 atom stereocenters. The quantitative estimate of drug-likeness (QED) is 0.635. The zero-order valence-corrected chi connectivity index (χ0v) is 9.68. The number of nitrogens with one attached hydrogen (secondary N) is 2. The van der Waals surface area contributed by atoms with Gasteiger partial charge in [0.15, 0.2) is 0 Å². The van der Waals surface area contributed by atoms with Crippen LogP contribution in [-0.2, 0) is 4.79 Å². The molecule has 4 nitrogen and oxygen atoms in total. The van der Waals surface area contributed by atoms with Crippen molar-refractivity contribution < 1.29 is 9.90 Å². The first-order valence-electron chi connectivity index (χ1n) is 5.69. The zero-order chi connectivity index (χ0) is 11.3. The minimum atomic E-state index is -0.0932. The molecular formula is C11H22N2O2. The first kappa shape index (κ1) is 12.5. The van der Waals surface area contributed by atoms with Crippen LogP contribution in [0.15, 0.2) is 0 Å². The third-order valence-electron chi connectivity index (χ3n) is 2.81. The lowest BCUT2D eigenvalue weighted by Gasteiger charge is -2.30. The third kappa shape index (κ3) is 4.62. The number of hydrogen-bond donors (Lipinski definition) is 3. The first-order valence-corrected chi connectivity index (χ1v) is 5.69. The average Bonchev–Trinajstić information content (AvgIpc) is 2.28. The van der Waals surface area contributed by atoms with Gasteiger partial charge < -0.3 is 15.7 Å². The number of carbonyl (C=O) groups excluding carboxylic acids is 1. The van der Waals surface area contributed by atoms with Crippen molar-refractivity contribution in [2.24, 2.45) is 0 Å². The van der Waals surface area contributed by atoms with Crippen molar-refractivity contribution in [3.8, 4) is 0 Å². The minimum absolute atomic E-state index is 0.0932. The van der Waals surface area contributed by atoms with Crippen molar-refractivity contribution in [3.05, 3.63) is 0 Å². The molecule has 1 rings (SSSR count). The normalized spacial score (nSPS) is 23.4. The third-order valence-corrected chi connectivity index (χ3v) is 2.81. The van der Waals surface area contributed by atoms with Gasteiger partial charge in [0.1, 0.15) is 0 Å². The number of aliphatic hydroxyl groups is 1. The van der Waals surface area contributed by atoms with Gasteiger partial charge in [-0.15, -0.1) is 0 Å². The van der Waals surface area contributed by atoms with Crippen molar-refractivity contribution in [1.82, 2.24) is 10.6 Å². The number of rotatable bonds is 4. The maximum atomic E-state index is 11.3. The lowest BCUT2D eigenvalue weighted by Crippen LogP contribution is -2.47. The van der Waals surface area contributed by atoms with Crippen LogP contribution in [0.4, 0.5) is 0 Å². The molecule has 1 heterocycles. The van der Waals surface area contributed by atoms with E-state index in [1.54, 1.807) is 0 Å². The highest BCUT2D eigenvalue weighted by molar-refractivity contribution is 5.76. The van der Waals surface area contributed by atoms with Crippen LogP contribution in [0, 0.1) is 0 Å². The van der Waals surface area contributed by atoms with Gasteiger partial charge in [0.2, 0.25) is 5.91 Å². The summed E-state index contributed by atoms with van der Waals surface area (Å²) in [7, 11) is 0. The fourth-order valence-electron chi connectivity index (χ4n) is 2.00. The van der Waals surface area contributed by atoms with E-state index in [1.165, 1.54) is 0 Å². The van der Waals surface area contributed by atoms with Crippen LogP contribution in [0.25, 0.3) is 0 Å². The first-order chi connectivity index (χ1) is 7.03. The molecule has 4 heteroatoms. The zero-order valence-electron chi connectivity index (χ0n) is 9.68. The highest BCUT2D eigenvalue weighted by Gasteiger charge is 2.24. The lowest BCUT2D eigenvalue weighted by molar-refractivity contribution is -0.121. The summed E-state index contributed by atoms with van der Waals surface area (Å²) >= 11 is 0. The number of aliphatic hydroxyl groups excluding tert-OH is 1. The maximum Gasteiger partial charge on any atom is 0.221 e. The van der Waals surface area contributed by atoms with Crippen molar-refractivity contribution >= 4 is 5.91 Å². The predicted octanol–water partition coefficient (Wildman–Crippen LogP) is 0.406. The fraction of sp³-hybridized carbons (Fsp3) is 0.909. The molecule has 0 aliphatic carbocycles. The van der Waals surface area contributed by atoms with E-state index in [1.807, 2.05) is 0 Å². The molecule has 88 valence electrons. The van der Waals surface area contributed by atoms with Crippen molar-refractivity contribution in [1.29, 1.82) is 0 Å². The van der Waals surface area contributed by atoms with Gasteiger partial charge in [0, 0.05) is 31.2 Å². The molecule has 1 saturated heterocycles. The molecule has 1 aliphatic rings. The van der Waals surface area contributed by atoms with Crippen molar-refractivity contribution in [2.45, 2.75) is 51.1 Å². The predicted molar refractivity (Wildman–Crippen MR) is 59.6 cm³/mol. The summed E-state index contributed by atoms with van der Waals surface area (Å²) in [6, 6.07) is 0.244. The topological polar surface area (TPSA) is 61.4 Å². The van der Waals surface area contributed by atoms with E-state index in [-0.39, 0.29) is 24.1 Å². The van der Waals surface area contributed by atoms with Crippen LogP contribution < -0.4 is 10.6 Å². The Morgan fingerprint density at radius 1 is 1.60 bits per heavy atom. The molecule has 0 aromatic heterocycles. The summed E-state index contributed by atoms with van der Waals surface area (Å²) in [6.07, 6.45) is 3.31. The second-order valence-electron chi connectivity index (χ2n) is 4.90. The molecule has 1 aliphatic heterocycles. The molecule has 0 aromatic rings. The number of hydrogen-bond acceptors (Lipinski definition) is 3. The van der Waals surface area contributed by atoms with Gasteiger partial charge in [0.05, 0.1) is 0 Å². The van der Waals surface area contributed by atoms with Gasteiger partial charge in [-0.1, -0.05) is 0 Å². The maximum absolute atomic E-state index is 11.3. The van der Waals surface area contributed by atoms with Gasteiger partial charge in [0.25, 0.3) is 0 Å². The smallest absolute Gasteiger partial charge is 0.221 e. The van der Waals surface area contributed by atoms with Crippen LogP contribution in [0.2, 0.25) is 0 Å². The minimum Gasteiger partial charge on any atom is -0.396 e. The molecule has 0 spiro atoms. The van der Waals surface area contributed by atoms with Gasteiger partial charge in [-0.25, -0.2) is 0 Å². The Balaban J connectivity index is 2.44. The Kier molecular flexibility index (Phi) is 4.54. The van der Waals surface area contributed by atoms with Gasteiger partial charge in [-0.3, -0.25) is 4.79 Å². The van der Waals surface area contributed by atoms with E-state index in [9.17, 15) is 4.79 Å².